The third-order valence-corrected chi connectivity index (χ3v) is 4.72. The van der Waals surface area contributed by atoms with Gasteiger partial charge in [-0.15, -0.1) is 0 Å². The number of nitrogens with one attached hydrogen (secondary N) is 1. The molecule has 1 N–H and O–H groups in total. The first-order valence-corrected chi connectivity index (χ1v) is 9.21. The minimum atomic E-state index is -0.418. The average molecular weight is 379 g/mol. The normalized spacial score (nSPS) is 15.2. The Morgan fingerprint density at radius 1 is 1.32 bits per heavy atom. The van der Waals surface area contributed by atoms with E-state index in [1.165, 1.54) is 11.7 Å². The Morgan fingerprint density at radius 2 is 2.07 bits per heavy atom. The molecule has 0 spiro atoms. The highest BCUT2D eigenvalue weighted by Crippen LogP contribution is 2.38. The Labute approximate surface area is 161 Å². The number of hydrogen-bond donors (Lipinski definition) is 1. The fourth-order valence-electron chi connectivity index (χ4n) is 3.46. The summed E-state index contributed by atoms with van der Waals surface area (Å²) in [6, 6.07) is 10.6. The number of aromatic nitrogens is 2. The summed E-state index contributed by atoms with van der Waals surface area (Å²) in [7, 11) is 1.53. The molecule has 1 amide bonds. The summed E-state index contributed by atoms with van der Waals surface area (Å²) in [5, 5.41) is 8.00. The molecule has 7 nitrogen and oxygen atoms in total. The summed E-state index contributed by atoms with van der Waals surface area (Å²) >= 11 is 0. The summed E-state index contributed by atoms with van der Waals surface area (Å²) < 4.78 is 12.7. The van der Waals surface area contributed by atoms with Crippen molar-refractivity contribution in [2.45, 2.75) is 26.4 Å². The van der Waals surface area contributed by atoms with Crippen LogP contribution < -0.4 is 20.3 Å². The molecule has 28 heavy (non-hydrogen) atoms. The molecule has 7 heteroatoms. The number of benzene rings is 2. The SMILES string of the molecule is CCOc1cc2c(cc1NC(=O)c1nn(C)c(=O)c3ccccc13)O[C@H](C)C2. The zero-order valence-corrected chi connectivity index (χ0v) is 16.0. The van der Waals surface area contributed by atoms with Crippen LogP contribution >= 0.6 is 0 Å². The van der Waals surface area contributed by atoms with Crippen LogP contribution in [0.1, 0.15) is 29.9 Å². The number of carbonyl (C=O) groups excluding carboxylic acids is 1. The third kappa shape index (κ3) is 3.09. The van der Waals surface area contributed by atoms with Crippen LogP contribution in [0, 0.1) is 0 Å². The van der Waals surface area contributed by atoms with Crippen molar-refractivity contribution in [1.82, 2.24) is 9.78 Å². The van der Waals surface area contributed by atoms with Gasteiger partial charge in [-0.1, -0.05) is 18.2 Å². The van der Waals surface area contributed by atoms with Crippen LogP contribution in [-0.2, 0) is 13.5 Å². The number of hydrogen-bond acceptors (Lipinski definition) is 5. The Hall–Kier alpha value is -3.35. The van der Waals surface area contributed by atoms with E-state index in [2.05, 4.69) is 10.4 Å². The topological polar surface area (TPSA) is 82.5 Å². The maximum Gasteiger partial charge on any atom is 0.276 e. The first-order valence-electron chi connectivity index (χ1n) is 9.21. The van der Waals surface area contributed by atoms with E-state index in [1.807, 2.05) is 19.9 Å². The van der Waals surface area contributed by atoms with Crippen molar-refractivity contribution in [3.8, 4) is 11.5 Å². The fourth-order valence-corrected chi connectivity index (χ4v) is 3.46. The predicted molar refractivity (Wildman–Crippen MR) is 106 cm³/mol. The first kappa shape index (κ1) is 18.0. The van der Waals surface area contributed by atoms with Gasteiger partial charge in [0.25, 0.3) is 11.5 Å². The summed E-state index contributed by atoms with van der Waals surface area (Å²) in [6.07, 6.45) is 0.890. The molecule has 1 aliphatic rings. The molecule has 2 aromatic carbocycles. The molecule has 1 aliphatic heterocycles. The monoisotopic (exact) mass is 379 g/mol. The van der Waals surface area contributed by atoms with Crippen molar-refractivity contribution < 1.29 is 14.3 Å². The zero-order chi connectivity index (χ0) is 19.8. The second kappa shape index (κ2) is 6.99. The van der Waals surface area contributed by atoms with Crippen molar-refractivity contribution in [3.05, 3.63) is 58.0 Å². The molecule has 4 rings (SSSR count). The Kier molecular flexibility index (Phi) is 4.50. The first-order chi connectivity index (χ1) is 13.5. The maximum absolute atomic E-state index is 13.0. The Bertz CT molecular complexity index is 1140. The Balaban J connectivity index is 1.76. The zero-order valence-electron chi connectivity index (χ0n) is 16.0. The molecule has 0 saturated heterocycles. The van der Waals surface area contributed by atoms with E-state index in [1.54, 1.807) is 30.3 Å². The van der Waals surface area contributed by atoms with Gasteiger partial charge in [0.15, 0.2) is 5.69 Å². The van der Waals surface area contributed by atoms with Crippen LogP contribution in [0.15, 0.2) is 41.2 Å². The lowest BCUT2D eigenvalue weighted by Crippen LogP contribution is -2.25. The molecule has 1 aromatic heterocycles. The molecular weight excluding hydrogens is 358 g/mol. The number of nitrogens with zero attached hydrogens (tertiary/aromatic N) is 2. The number of carbonyl (C=O) groups is 1. The highest BCUT2D eigenvalue weighted by Gasteiger charge is 2.24. The smallest absolute Gasteiger partial charge is 0.276 e. The van der Waals surface area contributed by atoms with E-state index in [4.69, 9.17) is 9.47 Å². The molecule has 0 fully saturated rings. The fraction of sp³-hybridized carbons (Fsp3) is 0.286. The van der Waals surface area contributed by atoms with E-state index >= 15 is 0 Å². The van der Waals surface area contributed by atoms with E-state index in [9.17, 15) is 9.59 Å². The molecule has 1 atom stereocenters. The second-order valence-corrected chi connectivity index (χ2v) is 6.80. The van der Waals surface area contributed by atoms with E-state index < -0.39 is 5.91 Å². The molecule has 0 saturated carbocycles. The van der Waals surface area contributed by atoms with Gasteiger partial charge in [0.05, 0.1) is 17.7 Å². The lowest BCUT2D eigenvalue weighted by atomic mass is 10.1. The van der Waals surface area contributed by atoms with E-state index in [-0.39, 0.29) is 17.4 Å². The van der Waals surface area contributed by atoms with Crippen LogP contribution in [0.2, 0.25) is 0 Å². The van der Waals surface area contributed by atoms with Gasteiger partial charge in [0.1, 0.15) is 17.6 Å². The number of ether oxygens (including phenoxy) is 2. The number of anilines is 1. The predicted octanol–water partition coefficient (Wildman–Crippen LogP) is 2.91. The van der Waals surface area contributed by atoms with E-state index in [0.29, 0.717) is 28.8 Å². The number of fused-ring (bicyclic) bond motifs is 2. The lowest BCUT2D eigenvalue weighted by Gasteiger charge is -2.14. The molecular formula is C21H21N3O4. The molecule has 2 heterocycles. The van der Waals surface area contributed by atoms with Gasteiger partial charge in [-0.3, -0.25) is 9.59 Å². The highest BCUT2D eigenvalue weighted by atomic mass is 16.5. The summed E-state index contributed by atoms with van der Waals surface area (Å²) in [5.74, 6) is 0.907. The number of amides is 1. The second-order valence-electron chi connectivity index (χ2n) is 6.80. The van der Waals surface area contributed by atoms with Gasteiger partial charge >= 0.3 is 0 Å². The van der Waals surface area contributed by atoms with Gasteiger partial charge < -0.3 is 14.8 Å². The highest BCUT2D eigenvalue weighted by molar-refractivity contribution is 6.11. The van der Waals surface area contributed by atoms with Crippen LogP contribution in [0.3, 0.4) is 0 Å². The Morgan fingerprint density at radius 3 is 2.82 bits per heavy atom. The van der Waals surface area contributed by atoms with Crippen LogP contribution in [0.5, 0.6) is 11.5 Å². The van der Waals surface area contributed by atoms with Crippen molar-refractivity contribution in [2.24, 2.45) is 7.05 Å². The van der Waals surface area contributed by atoms with Crippen LogP contribution in [-0.4, -0.2) is 28.4 Å². The van der Waals surface area contributed by atoms with Crippen molar-refractivity contribution in [3.63, 3.8) is 0 Å². The van der Waals surface area contributed by atoms with Gasteiger partial charge in [0, 0.05) is 30.5 Å². The summed E-state index contributed by atoms with van der Waals surface area (Å²) in [6.45, 7) is 4.36. The number of aryl methyl sites for hydroxylation is 1. The van der Waals surface area contributed by atoms with Gasteiger partial charge in [-0.25, -0.2) is 4.68 Å². The van der Waals surface area contributed by atoms with Crippen LogP contribution in [0.25, 0.3) is 10.8 Å². The van der Waals surface area contributed by atoms with Crippen LogP contribution in [0.4, 0.5) is 5.69 Å². The lowest BCUT2D eigenvalue weighted by molar-refractivity contribution is 0.102. The largest absolute Gasteiger partial charge is 0.492 e. The van der Waals surface area contributed by atoms with Crippen molar-refractivity contribution >= 4 is 22.4 Å². The summed E-state index contributed by atoms with van der Waals surface area (Å²) in [5.41, 5.74) is 1.50. The molecule has 144 valence electrons. The van der Waals surface area contributed by atoms with E-state index in [0.717, 1.165) is 17.7 Å². The van der Waals surface area contributed by atoms with Gasteiger partial charge in [-0.05, 0) is 26.0 Å². The minimum Gasteiger partial charge on any atom is -0.492 e. The molecule has 0 bridgehead atoms. The minimum absolute atomic E-state index is 0.0877. The summed E-state index contributed by atoms with van der Waals surface area (Å²) in [4.78, 5) is 25.3. The standard InChI is InChI=1S/C21H21N3O4/c1-4-27-18-10-13-9-12(2)28-17(13)11-16(18)22-20(25)19-14-7-5-6-8-15(14)21(26)24(3)23-19/h5-8,10-12H,4,9H2,1-3H3,(H,22,25)/t12-/m1/s1. The quantitative estimate of drug-likeness (QED) is 0.754. The molecule has 0 radical (unpaired) electrons. The molecule has 0 aliphatic carbocycles. The van der Waals surface area contributed by atoms with Crippen molar-refractivity contribution in [2.75, 3.05) is 11.9 Å². The molecule has 3 aromatic rings. The third-order valence-electron chi connectivity index (χ3n) is 4.72. The van der Waals surface area contributed by atoms with Crippen molar-refractivity contribution in [1.29, 1.82) is 0 Å². The van der Waals surface area contributed by atoms with Gasteiger partial charge in [0.2, 0.25) is 0 Å². The maximum atomic E-state index is 13.0. The van der Waals surface area contributed by atoms with Gasteiger partial charge in [-0.2, -0.15) is 5.10 Å². The molecule has 0 unspecified atom stereocenters. The average Bonchev–Trinajstić information content (AvgIpc) is 3.04. The number of rotatable bonds is 4.